The Morgan fingerprint density at radius 1 is 0.909 bits per heavy atom. The molecule has 10 nitrogen and oxygen atoms in total. The van der Waals surface area contributed by atoms with Crippen molar-refractivity contribution in [2.45, 2.75) is 19.8 Å². The number of esters is 1. The fourth-order valence-corrected chi connectivity index (χ4v) is 4.07. The number of ether oxygens (including phenoxy) is 1. The van der Waals surface area contributed by atoms with Crippen molar-refractivity contribution in [1.29, 1.82) is 0 Å². The van der Waals surface area contributed by atoms with Crippen LogP contribution in [0, 0.1) is 20.2 Å². The SMILES string of the molecule is CCCCOC(=O)c1cc([N+](=O)[O-])cc2c1-c1ccc([N+](=O)[O-])cc1C2=C(N(C)C)N(C)C. The lowest BCUT2D eigenvalue weighted by atomic mass is 9.97. The smallest absolute Gasteiger partial charge is 0.339 e. The first-order chi connectivity index (χ1) is 15.6. The van der Waals surface area contributed by atoms with E-state index < -0.39 is 15.8 Å². The second-order valence-electron chi connectivity index (χ2n) is 8.14. The van der Waals surface area contributed by atoms with Crippen LogP contribution in [0.4, 0.5) is 11.4 Å². The average molecular weight is 454 g/mol. The standard InChI is InChI=1S/C23H26N4O6/c1-6-7-10-33-23(28)19-13-15(27(31)32)12-18-20(19)16-9-8-14(26(29)30)11-17(16)21(18)22(24(2)3)25(4)5/h8-9,11-13H,6-7,10H2,1-5H3. The third-order valence-electron chi connectivity index (χ3n) is 5.38. The number of nitro benzene ring substituents is 2. The number of benzene rings is 2. The van der Waals surface area contributed by atoms with E-state index in [1.165, 1.54) is 24.3 Å². The molecular weight excluding hydrogens is 428 g/mol. The Kier molecular flexibility index (Phi) is 6.66. The predicted molar refractivity (Wildman–Crippen MR) is 124 cm³/mol. The lowest BCUT2D eigenvalue weighted by molar-refractivity contribution is -0.385. The summed E-state index contributed by atoms with van der Waals surface area (Å²) in [5, 5.41) is 23.2. The molecule has 0 aromatic heterocycles. The summed E-state index contributed by atoms with van der Waals surface area (Å²) in [5.41, 5.74) is 2.32. The summed E-state index contributed by atoms with van der Waals surface area (Å²) in [7, 11) is 7.26. The van der Waals surface area contributed by atoms with Gasteiger partial charge >= 0.3 is 5.97 Å². The number of rotatable bonds is 8. The number of hydrogen-bond acceptors (Lipinski definition) is 8. The van der Waals surface area contributed by atoms with Gasteiger partial charge in [0.1, 0.15) is 5.82 Å². The van der Waals surface area contributed by atoms with Gasteiger partial charge in [0.05, 0.1) is 22.0 Å². The number of nitrogens with zero attached hydrogens (tertiary/aromatic N) is 4. The van der Waals surface area contributed by atoms with Crippen LogP contribution in [0.3, 0.4) is 0 Å². The lowest BCUT2D eigenvalue weighted by Gasteiger charge is -2.27. The molecule has 1 aliphatic rings. The van der Waals surface area contributed by atoms with Crippen molar-refractivity contribution in [2.24, 2.45) is 0 Å². The van der Waals surface area contributed by atoms with Crippen LogP contribution >= 0.6 is 0 Å². The van der Waals surface area contributed by atoms with E-state index in [2.05, 4.69) is 0 Å². The average Bonchev–Trinajstić information content (AvgIpc) is 3.06. The van der Waals surface area contributed by atoms with Crippen LogP contribution in [-0.4, -0.2) is 60.4 Å². The van der Waals surface area contributed by atoms with Crippen molar-refractivity contribution >= 4 is 22.9 Å². The number of unbranched alkanes of at least 4 members (excludes halogenated alkanes) is 1. The highest BCUT2D eigenvalue weighted by molar-refractivity contribution is 6.10. The summed E-state index contributed by atoms with van der Waals surface area (Å²) in [5.74, 6) is 0.0199. The van der Waals surface area contributed by atoms with Crippen LogP contribution in [0.25, 0.3) is 16.7 Å². The topological polar surface area (TPSA) is 119 Å². The van der Waals surface area contributed by atoms with Crippen molar-refractivity contribution in [3.05, 3.63) is 73.1 Å². The molecule has 0 unspecified atom stereocenters. The molecule has 3 rings (SSSR count). The van der Waals surface area contributed by atoms with Crippen LogP contribution in [0.15, 0.2) is 36.2 Å². The zero-order valence-corrected chi connectivity index (χ0v) is 19.2. The minimum atomic E-state index is -0.662. The van der Waals surface area contributed by atoms with Gasteiger partial charge in [-0.25, -0.2) is 4.79 Å². The normalized spacial score (nSPS) is 11.5. The summed E-state index contributed by atoms with van der Waals surface area (Å²) < 4.78 is 5.39. The zero-order valence-electron chi connectivity index (χ0n) is 19.2. The minimum Gasteiger partial charge on any atom is -0.462 e. The first-order valence-electron chi connectivity index (χ1n) is 10.5. The molecule has 2 aromatic carbocycles. The van der Waals surface area contributed by atoms with E-state index in [-0.39, 0.29) is 23.5 Å². The van der Waals surface area contributed by atoms with Gasteiger partial charge in [-0.2, -0.15) is 0 Å². The molecule has 0 aliphatic heterocycles. The Morgan fingerprint density at radius 3 is 2.06 bits per heavy atom. The Bertz CT molecular complexity index is 1160. The Balaban J connectivity index is 2.41. The Morgan fingerprint density at radius 2 is 1.52 bits per heavy atom. The van der Waals surface area contributed by atoms with Crippen LogP contribution < -0.4 is 0 Å². The van der Waals surface area contributed by atoms with Gasteiger partial charge in [0, 0.05) is 74.7 Å². The number of carbonyl (C=O) groups is 1. The first-order valence-corrected chi connectivity index (χ1v) is 10.5. The fraction of sp³-hybridized carbons (Fsp3) is 0.348. The second-order valence-corrected chi connectivity index (χ2v) is 8.14. The van der Waals surface area contributed by atoms with E-state index in [4.69, 9.17) is 4.74 Å². The molecule has 1 aliphatic carbocycles. The van der Waals surface area contributed by atoms with Crippen LogP contribution in [0.2, 0.25) is 0 Å². The number of fused-ring (bicyclic) bond motifs is 3. The molecule has 0 N–H and O–H groups in total. The van der Waals surface area contributed by atoms with Crippen LogP contribution in [0.1, 0.15) is 41.3 Å². The molecule has 174 valence electrons. The highest BCUT2D eigenvalue weighted by Gasteiger charge is 2.35. The van der Waals surface area contributed by atoms with Crippen molar-refractivity contribution < 1.29 is 19.4 Å². The first kappa shape index (κ1) is 23.7. The van der Waals surface area contributed by atoms with Gasteiger partial charge in [0.2, 0.25) is 0 Å². The molecule has 0 radical (unpaired) electrons. The van der Waals surface area contributed by atoms with Gasteiger partial charge in [-0.15, -0.1) is 0 Å². The van der Waals surface area contributed by atoms with Gasteiger partial charge in [0.15, 0.2) is 0 Å². The maximum Gasteiger partial charge on any atom is 0.339 e. The largest absolute Gasteiger partial charge is 0.462 e. The number of nitro groups is 2. The molecule has 33 heavy (non-hydrogen) atoms. The Hall–Kier alpha value is -3.95. The maximum atomic E-state index is 13.0. The summed E-state index contributed by atoms with van der Waals surface area (Å²) in [4.78, 5) is 38.8. The zero-order chi connectivity index (χ0) is 24.4. The van der Waals surface area contributed by atoms with E-state index in [9.17, 15) is 25.0 Å². The molecule has 0 atom stereocenters. The van der Waals surface area contributed by atoms with Gasteiger partial charge in [-0.3, -0.25) is 20.2 Å². The van der Waals surface area contributed by atoms with Gasteiger partial charge in [-0.05, 0) is 18.1 Å². The molecule has 2 aromatic rings. The van der Waals surface area contributed by atoms with E-state index in [1.54, 1.807) is 6.07 Å². The molecule has 0 saturated carbocycles. The van der Waals surface area contributed by atoms with Crippen LogP contribution in [0.5, 0.6) is 0 Å². The van der Waals surface area contributed by atoms with E-state index in [0.717, 1.165) is 6.42 Å². The second kappa shape index (κ2) is 9.27. The maximum absolute atomic E-state index is 13.0. The summed E-state index contributed by atoms with van der Waals surface area (Å²) in [6.45, 7) is 2.16. The molecular formula is C23H26N4O6. The van der Waals surface area contributed by atoms with Crippen molar-refractivity contribution in [1.82, 2.24) is 9.80 Å². The Labute approximate surface area is 191 Å². The van der Waals surface area contributed by atoms with E-state index in [0.29, 0.717) is 40.1 Å². The summed E-state index contributed by atoms with van der Waals surface area (Å²) >= 11 is 0. The van der Waals surface area contributed by atoms with Crippen molar-refractivity contribution in [3.8, 4) is 11.1 Å². The van der Waals surface area contributed by atoms with Crippen molar-refractivity contribution in [2.75, 3.05) is 34.8 Å². The third-order valence-corrected chi connectivity index (χ3v) is 5.38. The van der Waals surface area contributed by atoms with E-state index in [1.807, 2.05) is 44.9 Å². The van der Waals surface area contributed by atoms with Gasteiger partial charge < -0.3 is 14.5 Å². The number of non-ortho nitro benzene ring substituents is 2. The summed E-state index contributed by atoms with van der Waals surface area (Å²) in [6.07, 6.45) is 1.50. The van der Waals surface area contributed by atoms with Crippen LogP contribution in [-0.2, 0) is 4.74 Å². The fourth-order valence-electron chi connectivity index (χ4n) is 4.07. The van der Waals surface area contributed by atoms with Gasteiger partial charge in [-0.1, -0.05) is 13.3 Å². The number of carbonyl (C=O) groups excluding carboxylic acids is 1. The molecule has 10 heteroatoms. The van der Waals surface area contributed by atoms with Gasteiger partial charge in [0.25, 0.3) is 11.4 Å². The molecule has 0 saturated heterocycles. The lowest BCUT2D eigenvalue weighted by Crippen LogP contribution is -2.26. The molecule has 0 bridgehead atoms. The predicted octanol–water partition coefficient (Wildman–Crippen LogP) is 4.28. The third kappa shape index (κ3) is 4.36. The highest BCUT2D eigenvalue weighted by atomic mass is 16.6. The number of hydrogen-bond donors (Lipinski definition) is 0. The highest BCUT2D eigenvalue weighted by Crippen LogP contribution is 2.50. The van der Waals surface area contributed by atoms with Crippen molar-refractivity contribution in [3.63, 3.8) is 0 Å². The molecule has 0 spiro atoms. The molecule has 0 heterocycles. The van der Waals surface area contributed by atoms with E-state index >= 15 is 0 Å². The monoisotopic (exact) mass is 454 g/mol. The minimum absolute atomic E-state index is 0.0669. The quantitative estimate of drug-likeness (QED) is 0.214. The molecule has 0 amide bonds. The summed E-state index contributed by atoms with van der Waals surface area (Å²) in [6, 6.07) is 7.01. The molecule has 0 fully saturated rings.